The largest absolute Gasteiger partial charge is 0.461 e. The van der Waals surface area contributed by atoms with Crippen LogP contribution in [-0.4, -0.2) is 21.6 Å². The van der Waals surface area contributed by atoms with Gasteiger partial charge in [-0.05, 0) is 49.7 Å². The van der Waals surface area contributed by atoms with Gasteiger partial charge in [0.15, 0.2) is 0 Å². The highest BCUT2D eigenvalue weighted by atomic mass is 16.5. The van der Waals surface area contributed by atoms with Crippen molar-refractivity contribution in [3.8, 4) is 0 Å². The Labute approximate surface area is 156 Å². The molecule has 2 aromatic rings. The van der Waals surface area contributed by atoms with Crippen LogP contribution in [0.25, 0.3) is 11.0 Å². The first-order valence-corrected chi connectivity index (χ1v) is 10.1. The number of aryl methyl sites for hydroxylation is 1. The molecule has 0 radical (unpaired) electrons. The molecule has 1 heterocycles. The topological polar surface area (TPSA) is 44.1 Å². The predicted octanol–water partition coefficient (Wildman–Crippen LogP) is 5.16. The lowest BCUT2D eigenvalue weighted by atomic mass is 9.75. The molecule has 0 amide bonds. The maximum Gasteiger partial charge on any atom is 0.329 e. The smallest absolute Gasteiger partial charge is 0.329 e. The number of para-hydroxylation sites is 2. The van der Waals surface area contributed by atoms with Crippen molar-refractivity contribution in [2.75, 3.05) is 0 Å². The monoisotopic (exact) mass is 356 g/mol. The van der Waals surface area contributed by atoms with E-state index in [0.717, 1.165) is 36.1 Å². The van der Waals surface area contributed by atoms with Gasteiger partial charge >= 0.3 is 5.97 Å². The van der Waals surface area contributed by atoms with Crippen molar-refractivity contribution in [3.05, 3.63) is 30.1 Å². The number of fused-ring (bicyclic) bond motifs is 1. The third-order valence-corrected chi connectivity index (χ3v) is 5.94. The van der Waals surface area contributed by atoms with Crippen LogP contribution in [0.3, 0.4) is 0 Å². The van der Waals surface area contributed by atoms with E-state index in [1.807, 2.05) is 35.8 Å². The first kappa shape index (κ1) is 18.9. The summed E-state index contributed by atoms with van der Waals surface area (Å²) in [5.41, 5.74) is 1.95. The van der Waals surface area contributed by atoms with E-state index in [2.05, 4.69) is 27.7 Å². The van der Waals surface area contributed by atoms with Gasteiger partial charge in [0.05, 0.1) is 11.0 Å². The first-order chi connectivity index (χ1) is 12.4. The van der Waals surface area contributed by atoms with Crippen LogP contribution < -0.4 is 0 Å². The number of ether oxygens (including phenoxy) is 1. The maximum atomic E-state index is 13.0. The molecule has 3 rings (SSSR count). The highest BCUT2D eigenvalue weighted by Crippen LogP contribution is 2.36. The average molecular weight is 357 g/mol. The molecule has 26 heavy (non-hydrogen) atoms. The predicted molar refractivity (Wildman–Crippen MR) is 105 cm³/mol. The molecule has 4 heteroatoms. The number of esters is 1. The van der Waals surface area contributed by atoms with Crippen molar-refractivity contribution in [1.29, 1.82) is 0 Å². The maximum absolute atomic E-state index is 13.0. The summed E-state index contributed by atoms with van der Waals surface area (Å²) >= 11 is 0. The van der Waals surface area contributed by atoms with Gasteiger partial charge in [0.2, 0.25) is 0 Å². The van der Waals surface area contributed by atoms with Crippen LogP contribution in [0, 0.1) is 17.8 Å². The minimum absolute atomic E-state index is 0.0357. The molecule has 1 fully saturated rings. The third kappa shape index (κ3) is 3.65. The number of aromatic nitrogens is 2. The standard InChI is InChI=1S/C22H32N2O2/c1-6-21-23-18-9-7-8-10-19(18)24(21)16(5)22(25)26-20-13-15(4)11-12-17(20)14(2)3/h7-10,14-17,20H,6,11-13H2,1-5H3/t15-,16-,17?,20+/m1/s1. The summed E-state index contributed by atoms with van der Waals surface area (Å²) in [4.78, 5) is 17.7. The number of hydrogen-bond acceptors (Lipinski definition) is 3. The lowest BCUT2D eigenvalue weighted by Gasteiger charge is -2.37. The molecule has 1 aliphatic carbocycles. The van der Waals surface area contributed by atoms with Crippen molar-refractivity contribution < 1.29 is 9.53 Å². The normalized spacial score (nSPS) is 24.8. The molecule has 1 unspecified atom stereocenters. The molecule has 142 valence electrons. The average Bonchev–Trinajstić information content (AvgIpc) is 2.99. The van der Waals surface area contributed by atoms with Crippen molar-refractivity contribution in [2.45, 2.75) is 72.4 Å². The van der Waals surface area contributed by atoms with Gasteiger partial charge in [-0.15, -0.1) is 0 Å². The second-order valence-corrected chi connectivity index (χ2v) is 8.22. The van der Waals surface area contributed by atoms with Gasteiger partial charge in [-0.25, -0.2) is 9.78 Å². The zero-order valence-corrected chi connectivity index (χ0v) is 16.7. The van der Waals surface area contributed by atoms with Crippen LogP contribution in [0.1, 0.15) is 65.7 Å². The number of carbonyl (C=O) groups is 1. The summed E-state index contributed by atoms with van der Waals surface area (Å²) in [6, 6.07) is 7.65. The van der Waals surface area contributed by atoms with Gasteiger partial charge in [0.1, 0.15) is 18.0 Å². The van der Waals surface area contributed by atoms with Crippen molar-refractivity contribution >= 4 is 17.0 Å². The molecule has 0 spiro atoms. The number of hydrogen-bond donors (Lipinski definition) is 0. The SMILES string of the molecule is CCc1nc2ccccc2n1[C@H](C)C(=O)O[C@H]1C[C@H](C)CCC1C(C)C. The minimum Gasteiger partial charge on any atom is -0.461 e. The van der Waals surface area contributed by atoms with E-state index in [1.165, 1.54) is 6.42 Å². The van der Waals surface area contributed by atoms with Gasteiger partial charge in [0, 0.05) is 6.42 Å². The van der Waals surface area contributed by atoms with Gasteiger partial charge in [-0.2, -0.15) is 0 Å². The molecule has 1 aromatic heterocycles. The molecule has 1 aromatic carbocycles. The quantitative estimate of drug-likeness (QED) is 0.695. The van der Waals surface area contributed by atoms with E-state index in [1.54, 1.807) is 0 Å². The molecule has 4 atom stereocenters. The highest BCUT2D eigenvalue weighted by Gasteiger charge is 2.35. The van der Waals surface area contributed by atoms with E-state index in [0.29, 0.717) is 17.8 Å². The number of carbonyl (C=O) groups excluding carboxylic acids is 1. The summed E-state index contributed by atoms with van der Waals surface area (Å²) in [5.74, 6) is 2.43. The third-order valence-electron chi connectivity index (χ3n) is 5.94. The Morgan fingerprint density at radius 1 is 1.27 bits per heavy atom. The molecule has 4 nitrogen and oxygen atoms in total. The van der Waals surface area contributed by atoms with Crippen LogP contribution in [0.5, 0.6) is 0 Å². The molecule has 0 N–H and O–H groups in total. The van der Waals surface area contributed by atoms with E-state index < -0.39 is 0 Å². The van der Waals surface area contributed by atoms with E-state index in [4.69, 9.17) is 9.72 Å². The Bertz CT molecular complexity index is 765. The molecule has 1 saturated carbocycles. The molecule has 0 aliphatic heterocycles. The Balaban J connectivity index is 1.83. The zero-order valence-electron chi connectivity index (χ0n) is 16.7. The second kappa shape index (κ2) is 7.81. The molecular weight excluding hydrogens is 324 g/mol. The molecular formula is C22H32N2O2. The second-order valence-electron chi connectivity index (χ2n) is 8.22. The summed E-state index contributed by atoms with van der Waals surface area (Å²) in [5, 5.41) is 0. The number of rotatable bonds is 5. The Morgan fingerprint density at radius 3 is 2.69 bits per heavy atom. The Kier molecular flexibility index (Phi) is 5.69. The van der Waals surface area contributed by atoms with E-state index >= 15 is 0 Å². The molecule has 0 bridgehead atoms. The van der Waals surface area contributed by atoms with E-state index in [-0.39, 0.29) is 18.1 Å². The lowest BCUT2D eigenvalue weighted by Crippen LogP contribution is -2.37. The van der Waals surface area contributed by atoms with Crippen LogP contribution in [-0.2, 0) is 16.0 Å². The van der Waals surface area contributed by atoms with Crippen LogP contribution >= 0.6 is 0 Å². The number of nitrogens with zero attached hydrogens (tertiary/aromatic N) is 2. The Hall–Kier alpha value is -1.84. The van der Waals surface area contributed by atoms with Gasteiger partial charge in [0.25, 0.3) is 0 Å². The highest BCUT2D eigenvalue weighted by molar-refractivity contribution is 5.81. The summed E-state index contributed by atoms with van der Waals surface area (Å²) in [6.45, 7) is 10.8. The number of benzene rings is 1. The van der Waals surface area contributed by atoms with Crippen molar-refractivity contribution in [1.82, 2.24) is 9.55 Å². The molecule has 1 aliphatic rings. The lowest BCUT2D eigenvalue weighted by molar-refractivity contribution is -0.159. The zero-order chi connectivity index (χ0) is 18.8. The summed E-state index contributed by atoms with van der Waals surface area (Å²) < 4.78 is 8.13. The molecule has 0 saturated heterocycles. The fourth-order valence-electron chi connectivity index (χ4n) is 4.38. The Morgan fingerprint density at radius 2 is 2.00 bits per heavy atom. The van der Waals surface area contributed by atoms with Gasteiger partial charge in [-0.1, -0.05) is 46.2 Å². The van der Waals surface area contributed by atoms with Crippen molar-refractivity contribution in [3.63, 3.8) is 0 Å². The minimum atomic E-state index is -0.359. The number of imidazole rings is 1. The summed E-state index contributed by atoms with van der Waals surface area (Å²) in [7, 11) is 0. The van der Waals surface area contributed by atoms with E-state index in [9.17, 15) is 4.79 Å². The van der Waals surface area contributed by atoms with Gasteiger partial charge in [-0.3, -0.25) is 0 Å². The van der Waals surface area contributed by atoms with Crippen LogP contribution in [0.4, 0.5) is 0 Å². The van der Waals surface area contributed by atoms with Gasteiger partial charge < -0.3 is 9.30 Å². The first-order valence-electron chi connectivity index (χ1n) is 10.1. The van der Waals surface area contributed by atoms with Crippen LogP contribution in [0.15, 0.2) is 24.3 Å². The fourth-order valence-corrected chi connectivity index (χ4v) is 4.38. The van der Waals surface area contributed by atoms with Crippen LogP contribution in [0.2, 0.25) is 0 Å². The fraction of sp³-hybridized carbons (Fsp3) is 0.636. The summed E-state index contributed by atoms with van der Waals surface area (Å²) in [6.07, 6.45) is 4.19. The van der Waals surface area contributed by atoms with Crippen molar-refractivity contribution in [2.24, 2.45) is 17.8 Å².